The number of hydrogen-bond donors (Lipinski definition) is 0. The molecule has 0 spiro atoms. The van der Waals surface area contributed by atoms with Crippen LogP contribution in [0.1, 0.15) is 29.0 Å². The third kappa shape index (κ3) is 3.29. The van der Waals surface area contributed by atoms with E-state index in [1.165, 1.54) is 69.9 Å². The van der Waals surface area contributed by atoms with Gasteiger partial charge in [0, 0.05) is 31.7 Å². The smallest absolute Gasteiger partial charge is 0.0443 e. The van der Waals surface area contributed by atoms with Crippen LogP contribution in [0.5, 0.6) is 0 Å². The first kappa shape index (κ1) is 21.8. The van der Waals surface area contributed by atoms with E-state index in [0.717, 1.165) is 12.8 Å². The molecule has 0 N–H and O–H groups in total. The average molecular weight is 503 g/mol. The van der Waals surface area contributed by atoms with Crippen molar-refractivity contribution < 1.29 is 0 Å². The molecule has 1 aliphatic carbocycles. The molecule has 0 fully saturated rings. The van der Waals surface area contributed by atoms with Gasteiger partial charge in [0.05, 0.1) is 0 Å². The minimum atomic E-state index is 0.346. The standard InChI is InChI=1S/C37H26S/c1-3-11-24(12-4-1)27-20-19-26-21-22-28(25-13-5-2-6-14-25)34-29-15-7-8-16-30(29)35-31-17-9-10-18-33(31)38-37(35)36(34)32(26)23-27/h1-20,23,28H,21-22H2. The maximum Gasteiger partial charge on any atom is 0.0443 e. The van der Waals surface area contributed by atoms with Crippen LogP contribution in [0.15, 0.2) is 127 Å². The molecule has 1 aliphatic rings. The molecule has 0 aliphatic heterocycles. The van der Waals surface area contributed by atoms with Crippen molar-refractivity contribution in [2.24, 2.45) is 0 Å². The van der Waals surface area contributed by atoms with E-state index in [4.69, 9.17) is 0 Å². The largest absolute Gasteiger partial charge is 0.134 e. The van der Waals surface area contributed by atoms with Gasteiger partial charge in [0.15, 0.2) is 0 Å². The number of benzene rings is 6. The fourth-order valence-corrected chi connectivity index (χ4v) is 7.90. The number of thiophene rings is 1. The molecule has 1 atom stereocenters. The Morgan fingerprint density at radius 3 is 2.08 bits per heavy atom. The van der Waals surface area contributed by atoms with Crippen molar-refractivity contribution in [3.05, 3.63) is 144 Å². The van der Waals surface area contributed by atoms with Gasteiger partial charge in [-0.25, -0.2) is 0 Å². The van der Waals surface area contributed by atoms with Gasteiger partial charge >= 0.3 is 0 Å². The molecule has 0 bridgehead atoms. The third-order valence-electron chi connectivity index (χ3n) is 8.32. The summed E-state index contributed by atoms with van der Waals surface area (Å²) < 4.78 is 2.79. The number of fused-ring (bicyclic) bond motifs is 10. The highest BCUT2D eigenvalue weighted by Gasteiger charge is 2.29. The van der Waals surface area contributed by atoms with E-state index >= 15 is 0 Å². The van der Waals surface area contributed by atoms with Gasteiger partial charge in [-0.15, -0.1) is 11.3 Å². The lowest BCUT2D eigenvalue weighted by atomic mass is 9.81. The first-order valence-corrected chi connectivity index (χ1v) is 14.3. The van der Waals surface area contributed by atoms with Crippen LogP contribution in [-0.4, -0.2) is 0 Å². The minimum Gasteiger partial charge on any atom is -0.134 e. The lowest BCUT2D eigenvalue weighted by Crippen LogP contribution is -2.03. The van der Waals surface area contributed by atoms with E-state index in [0.29, 0.717) is 5.92 Å². The number of aryl methyl sites for hydroxylation is 1. The van der Waals surface area contributed by atoms with Gasteiger partial charge in [0.1, 0.15) is 0 Å². The SMILES string of the molecule is c1ccc(-c2ccc3c(c2)-c2c(c4ccccc4c4c2sc2ccccc24)C(c2ccccc2)CC3)cc1. The molecular formula is C37H26S. The van der Waals surface area contributed by atoms with Crippen molar-refractivity contribution in [3.8, 4) is 22.3 Å². The summed E-state index contributed by atoms with van der Waals surface area (Å²) in [6.45, 7) is 0. The molecule has 1 aromatic heterocycles. The van der Waals surface area contributed by atoms with Crippen LogP contribution in [0, 0.1) is 0 Å². The van der Waals surface area contributed by atoms with Crippen molar-refractivity contribution in [1.29, 1.82) is 0 Å². The van der Waals surface area contributed by atoms with E-state index in [2.05, 4.69) is 127 Å². The van der Waals surface area contributed by atoms with Crippen molar-refractivity contribution in [1.82, 2.24) is 0 Å². The van der Waals surface area contributed by atoms with Crippen LogP contribution in [0.2, 0.25) is 0 Å². The van der Waals surface area contributed by atoms with Crippen LogP contribution in [0.25, 0.3) is 53.2 Å². The maximum absolute atomic E-state index is 2.47. The molecule has 0 amide bonds. The molecule has 1 heteroatoms. The number of hydrogen-bond acceptors (Lipinski definition) is 1. The molecule has 38 heavy (non-hydrogen) atoms. The Labute approximate surface area is 226 Å². The van der Waals surface area contributed by atoms with E-state index in [9.17, 15) is 0 Å². The summed E-state index contributed by atoms with van der Waals surface area (Å²) in [7, 11) is 0. The minimum absolute atomic E-state index is 0.346. The van der Waals surface area contributed by atoms with Gasteiger partial charge < -0.3 is 0 Å². The van der Waals surface area contributed by atoms with Gasteiger partial charge in [-0.2, -0.15) is 0 Å². The monoisotopic (exact) mass is 502 g/mol. The summed E-state index contributed by atoms with van der Waals surface area (Å²) in [4.78, 5) is 0. The second-order valence-electron chi connectivity index (χ2n) is 10.4. The van der Waals surface area contributed by atoms with Crippen LogP contribution in [-0.2, 0) is 6.42 Å². The first-order chi connectivity index (χ1) is 18.9. The predicted molar refractivity (Wildman–Crippen MR) is 164 cm³/mol. The third-order valence-corrected chi connectivity index (χ3v) is 9.51. The van der Waals surface area contributed by atoms with Crippen molar-refractivity contribution in [2.45, 2.75) is 18.8 Å². The molecule has 0 saturated heterocycles. The van der Waals surface area contributed by atoms with E-state index < -0.39 is 0 Å². The zero-order valence-corrected chi connectivity index (χ0v) is 21.8. The molecule has 0 saturated carbocycles. The molecule has 7 aromatic rings. The summed E-state index contributed by atoms with van der Waals surface area (Å²) in [6.07, 6.45) is 2.18. The normalized spacial score (nSPS) is 14.9. The quantitative estimate of drug-likeness (QED) is 0.220. The summed E-state index contributed by atoms with van der Waals surface area (Å²) in [5.74, 6) is 0.346. The zero-order valence-electron chi connectivity index (χ0n) is 21.0. The summed E-state index contributed by atoms with van der Waals surface area (Å²) in [5, 5.41) is 5.55. The topological polar surface area (TPSA) is 0 Å². The lowest BCUT2D eigenvalue weighted by molar-refractivity contribution is 0.730. The van der Waals surface area contributed by atoms with E-state index in [-0.39, 0.29) is 0 Å². The zero-order chi connectivity index (χ0) is 25.1. The Morgan fingerprint density at radius 2 is 1.26 bits per heavy atom. The van der Waals surface area contributed by atoms with Gasteiger partial charge in [0.2, 0.25) is 0 Å². The fourth-order valence-electron chi connectivity index (χ4n) is 6.61. The molecule has 0 radical (unpaired) electrons. The van der Waals surface area contributed by atoms with Gasteiger partial charge in [-0.3, -0.25) is 0 Å². The van der Waals surface area contributed by atoms with Crippen molar-refractivity contribution >= 4 is 42.3 Å². The molecule has 6 aromatic carbocycles. The molecule has 180 valence electrons. The second kappa shape index (κ2) is 8.68. The summed E-state index contributed by atoms with van der Waals surface area (Å²) in [5.41, 5.74) is 9.77. The van der Waals surface area contributed by atoms with Gasteiger partial charge in [0.25, 0.3) is 0 Å². The molecule has 8 rings (SSSR count). The lowest BCUT2D eigenvalue weighted by Gasteiger charge is -2.22. The van der Waals surface area contributed by atoms with Crippen LogP contribution in [0.4, 0.5) is 0 Å². The van der Waals surface area contributed by atoms with Crippen molar-refractivity contribution in [3.63, 3.8) is 0 Å². The highest BCUT2D eigenvalue weighted by molar-refractivity contribution is 7.26. The van der Waals surface area contributed by atoms with E-state index in [1.54, 1.807) is 0 Å². The highest BCUT2D eigenvalue weighted by atomic mass is 32.1. The average Bonchev–Trinajstić information content (AvgIpc) is 3.29. The Kier molecular flexibility index (Phi) is 4.99. The van der Waals surface area contributed by atoms with Crippen molar-refractivity contribution in [2.75, 3.05) is 0 Å². The Morgan fingerprint density at radius 1 is 0.579 bits per heavy atom. The predicted octanol–water partition coefficient (Wildman–Crippen LogP) is 10.6. The van der Waals surface area contributed by atoms with Gasteiger partial charge in [-0.1, -0.05) is 115 Å². The van der Waals surface area contributed by atoms with E-state index in [1.807, 2.05) is 11.3 Å². The molecule has 1 heterocycles. The molecular weight excluding hydrogens is 476 g/mol. The Hall–Kier alpha value is -4.20. The maximum atomic E-state index is 2.47. The molecule has 0 nitrogen and oxygen atoms in total. The van der Waals surface area contributed by atoms with Crippen LogP contribution >= 0.6 is 11.3 Å². The van der Waals surface area contributed by atoms with Crippen LogP contribution < -0.4 is 0 Å². The van der Waals surface area contributed by atoms with Gasteiger partial charge in [-0.05, 0) is 69.1 Å². The van der Waals surface area contributed by atoms with Crippen LogP contribution in [0.3, 0.4) is 0 Å². The Bertz CT molecular complexity index is 1960. The fraction of sp³-hybridized carbons (Fsp3) is 0.0811. The second-order valence-corrected chi connectivity index (χ2v) is 11.4. The first-order valence-electron chi connectivity index (χ1n) is 13.5. The summed E-state index contributed by atoms with van der Waals surface area (Å²) in [6, 6.07) is 47.2. The molecule has 1 unspecified atom stereocenters. The Balaban J connectivity index is 1.56. The highest BCUT2D eigenvalue weighted by Crippen LogP contribution is 2.52. The summed E-state index contributed by atoms with van der Waals surface area (Å²) >= 11 is 1.96. The number of rotatable bonds is 2.